The minimum atomic E-state index is -0.607. The highest BCUT2D eigenvalue weighted by Crippen LogP contribution is 2.23. The van der Waals surface area contributed by atoms with Crippen LogP contribution in [-0.4, -0.2) is 12.4 Å². The van der Waals surface area contributed by atoms with Crippen molar-refractivity contribution in [3.8, 4) is 5.75 Å². The van der Waals surface area contributed by atoms with Gasteiger partial charge in [-0.2, -0.15) is 0 Å². The lowest BCUT2D eigenvalue weighted by atomic mass is 10.0. The predicted molar refractivity (Wildman–Crippen MR) is 77.1 cm³/mol. The Labute approximate surface area is 122 Å². The molecule has 0 aliphatic rings. The molecule has 0 unspecified atom stereocenters. The van der Waals surface area contributed by atoms with Gasteiger partial charge < -0.3 is 4.74 Å². The third-order valence-corrected chi connectivity index (χ3v) is 3.08. The Morgan fingerprint density at radius 3 is 2.70 bits per heavy atom. The SMILES string of the molecule is CCCOc1ccccc1C(=O)c1ccc(Cl)c(F)c1. The molecular weight excluding hydrogens is 279 g/mol. The molecule has 0 atom stereocenters. The summed E-state index contributed by atoms with van der Waals surface area (Å²) < 4.78 is 19.0. The number of ether oxygens (including phenoxy) is 1. The van der Waals surface area contributed by atoms with E-state index in [2.05, 4.69) is 0 Å². The molecule has 2 rings (SSSR count). The zero-order valence-corrected chi connectivity index (χ0v) is 11.8. The lowest BCUT2D eigenvalue weighted by molar-refractivity contribution is 0.103. The van der Waals surface area contributed by atoms with Gasteiger partial charge in [0.25, 0.3) is 0 Å². The van der Waals surface area contributed by atoms with E-state index in [9.17, 15) is 9.18 Å². The first-order chi connectivity index (χ1) is 9.63. The molecule has 2 aromatic rings. The smallest absolute Gasteiger partial charge is 0.196 e. The van der Waals surface area contributed by atoms with Crippen LogP contribution in [-0.2, 0) is 0 Å². The van der Waals surface area contributed by atoms with Crippen LogP contribution in [0.1, 0.15) is 29.3 Å². The normalized spacial score (nSPS) is 10.3. The Kier molecular flexibility index (Phi) is 4.74. The van der Waals surface area contributed by atoms with Gasteiger partial charge in [0.2, 0.25) is 0 Å². The second kappa shape index (κ2) is 6.53. The van der Waals surface area contributed by atoms with Gasteiger partial charge >= 0.3 is 0 Å². The topological polar surface area (TPSA) is 26.3 Å². The van der Waals surface area contributed by atoms with Crippen LogP contribution in [0.5, 0.6) is 5.75 Å². The van der Waals surface area contributed by atoms with E-state index in [4.69, 9.17) is 16.3 Å². The van der Waals surface area contributed by atoms with Gasteiger partial charge in [0.1, 0.15) is 11.6 Å². The monoisotopic (exact) mass is 292 g/mol. The summed E-state index contributed by atoms with van der Waals surface area (Å²) >= 11 is 5.62. The van der Waals surface area contributed by atoms with Gasteiger partial charge in [-0.25, -0.2) is 4.39 Å². The van der Waals surface area contributed by atoms with Crippen LogP contribution in [0.2, 0.25) is 5.02 Å². The molecule has 4 heteroatoms. The fourth-order valence-electron chi connectivity index (χ4n) is 1.78. The molecule has 0 spiro atoms. The Hall–Kier alpha value is -1.87. The summed E-state index contributed by atoms with van der Waals surface area (Å²) in [6.45, 7) is 2.51. The number of benzene rings is 2. The maximum Gasteiger partial charge on any atom is 0.196 e. The van der Waals surface area contributed by atoms with Crippen LogP contribution >= 0.6 is 11.6 Å². The summed E-state index contributed by atoms with van der Waals surface area (Å²) in [5.74, 6) is -0.383. The number of carbonyl (C=O) groups is 1. The van der Waals surface area contributed by atoms with Crippen molar-refractivity contribution in [2.75, 3.05) is 6.61 Å². The molecule has 0 aliphatic heterocycles. The first kappa shape index (κ1) is 14.5. The molecule has 0 N–H and O–H groups in total. The Balaban J connectivity index is 2.35. The molecule has 0 saturated heterocycles. The first-order valence-electron chi connectivity index (χ1n) is 6.35. The average Bonchev–Trinajstić information content (AvgIpc) is 2.47. The van der Waals surface area contributed by atoms with E-state index in [-0.39, 0.29) is 16.4 Å². The fourth-order valence-corrected chi connectivity index (χ4v) is 1.90. The molecule has 2 nitrogen and oxygen atoms in total. The van der Waals surface area contributed by atoms with Gasteiger partial charge in [0.15, 0.2) is 5.78 Å². The van der Waals surface area contributed by atoms with Crippen molar-refractivity contribution >= 4 is 17.4 Å². The molecule has 104 valence electrons. The molecule has 0 aromatic heterocycles. The van der Waals surface area contributed by atoms with E-state index in [1.54, 1.807) is 24.3 Å². The Morgan fingerprint density at radius 1 is 1.25 bits per heavy atom. The van der Waals surface area contributed by atoms with Crippen LogP contribution in [0.25, 0.3) is 0 Å². The summed E-state index contributed by atoms with van der Waals surface area (Å²) in [4.78, 5) is 12.4. The molecule has 20 heavy (non-hydrogen) atoms. The molecule has 0 saturated carbocycles. The largest absolute Gasteiger partial charge is 0.493 e. The summed E-state index contributed by atoms with van der Waals surface area (Å²) in [5.41, 5.74) is 0.669. The highest BCUT2D eigenvalue weighted by atomic mass is 35.5. The maximum atomic E-state index is 13.4. The number of halogens is 2. The van der Waals surface area contributed by atoms with E-state index in [0.717, 1.165) is 12.5 Å². The number of rotatable bonds is 5. The summed E-state index contributed by atoms with van der Waals surface area (Å²) in [6, 6.07) is 11.0. The van der Waals surface area contributed by atoms with Crippen molar-refractivity contribution < 1.29 is 13.9 Å². The number of hydrogen-bond acceptors (Lipinski definition) is 2. The number of ketones is 1. The van der Waals surface area contributed by atoms with Crippen LogP contribution < -0.4 is 4.74 Å². The first-order valence-corrected chi connectivity index (χ1v) is 6.73. The van der Waals surface area contributed by atoms with Crippen molar-refractivity contribution in [1.29, 1.82) is 0 Å². The van der Waals surface area contributed by atoms with Crippen LogP contribution in [0.3, 0.4) is 0 Å². The fraction of sp³-hybridized carbons (Fsp3) is 0.188. The molecule has 0 bridgehead atoms. The standard InChI is InChI=1S/C16H14ClFO2/c1-2-9-20-15-6-4-3-5-12(15)16(19)11-7-8-13(17)14(18)10-11/h3-8,10H,2,9H2,1H3. The van der Waals surface area contributed by atoms with E-state index >= 15 is 0 Å². The number of para-hydroxylation sites is 1. The molecule has 0 amide bonds. The molecule has 0 fully saturated rings. The summed E-state index contributed by atoms with van der Waals surface area (Å²) in [6.07, 6.45) is 0.845. The maximum absolute atomic E-state index is 13.4. The van der Waals surface area contributed by atoms with E-state index < -0.39 is 5.82 Å². The van der Waals surface area contributed by atoms with Crippen LogP contribution in [0, 0.1) is 5.82 Å². The van der Waals surface area contributed by atoms with Crippen LogP contribution in [0.4, 0.5) is 4.39 Å². The van der Waals surface area contributed by atoms with Crippen molar-refractivity contribution in [2.24, 2.45) is 0 Å². The predicted octanol–water partition coefficient (Wildman–Crippen LogP) is 4.50. The van der Waals surface area contributed by atoms with Crippen molar-refractivity contribution in [3.63, 3.8) is 0 Å². The van der Waals surface area contributed by atoms with Crippen molar-refractivity contribution in [2.45, 2.75) is 13.3 Å². The lowest BCUT2D eigenvalue weighted by Gasteiger charge is -2.10. The second-order valence-electron chi connectivity index (χ2n) is 4.30. The Bertz CT molecular complexity index is 626. The summed E-state index contributed by atoms with van der Waals surface area (Å²) in [7, 11) is 0. The lowest BCUT2D eigenvalue weighted by Crippen LogP contribution is -2.06. The highest BCUT2D eigenvalue weighted by Gasteiger charge is 2.15. The third-order valence-electron chi connectivity index (χ3n) is 2.78. The van der Waals surface area contributed by atoms with E-state index in [1.807, 2.05) is 6.92 Å². The second-order valence-corrected chi connectivity index (χ2v) is 4.71. The molecule has 0 radical (unpaired) electrons. The van der Waals surface area contributed by atoms with Crippen molar-refractivity contribution in [1.82, 2.24) is 0 Å². The van der Waals surface area contributed by atoms with Gasteiger partial charge in [-0.3, -0.25) is 4.79 Å². The van der Waals surface area contributed by atoms with Gasteiger partial charge in [-0.05, 0) is 36.8 Å². The number of hydrogen-bond donors (Lipinski definition) is 0. The molecule has 2 aromatic carbocycles. The summed E-state index contributed by atoms with van der Waals surface area (Å²) in [5, 5.41) is -0.00271. The molecule has 0 aliphatic carbocycles. The zero-order chi connectivity index (χ0) is 14.5. The average molecular weight is 293 g/mol. The van der Waals surface area contributed by atoms with E-state index in [0.29, 0.717) is 17.9 Å². The Morgan fingerprint density at radius 2 is 2.00 bits per heavy atom. The third kappa shape index (κ3) is 3.17. The minimum Gasteiger partial charge on any atom is -0.493 e. The van der Waals surface area contributed by atoms with Crippen LogP contribution in [0.15, 0.2) is 42.5 Å². The van der Waals surface area contributed by atoms with Gasteiger partial charge in [-0.1, -0.05) is 30.7 Å². The number of carbonyl (C=O) groups excluding carboxylic acids is 1. The quantitative estimate of drug-likeness (QED) is 0.759. The highest BCUT2D eigenvalue weighted by molar-refractivity contribution is 6.30. The molecule has 0 heterocycles. The molecular formula is C16H14ClFO2. The van der Waals surface area contributed by atoms with Gasteiger partial charge in [-0.15, -0.1) is 0 Å². The van der Waals surface area contributed by atoms with E-state index in [1.165, 1.54) is 12.1 Å². The van der Waals surface area contributed by atoms with Crippen molar-refractivity contribution in [3.05, 3.63) is 64.4 Å². The minimum absolute atomic E-state index is 0.00271. The van der Waals surface area contributed by atoms with Gasteiger partial charge in [0, 0.05) is 5.56 Å². The zero-order valence-electron chi connectivity index (χ0n) is 11.0. The van der Waals surface area contributed by atoms with Gasteiger partial charge in [0.05, 0.1) is 17.2 Å².